The lowest BCUT2D eigenvalue weighted by molar-refractivity contribution is -0.118. The summed E-state index contributed by atoms with van der Waals surface area (Å²) in [6, 6.07) is 6.43. The molecule has 0 aromatic heterocycles. The average Bonchev–Trinajstić information content (AvgIpc) is 2.45. The highest BCUT2D eigenvalue weighted by Crippen LogP contribution is 2.31. The zero-order chi connectivity index (χ0) is 14.0. The molecule has 0 saturated carbocycles. The standard InChI is InChI=1S/C16H24N2O/c1-4-11(3)16(17)13-6-8-14-12(10-13)7-9-15(19)18(14)5-2/h6,8,10-11,16H,4-5,7,9,17H2,1-3H3. The Morgan fingerprint density at radius 1 is 1.32 bits per heavy atom. The second kappa shape index (κ2) is 5.74. The zero-order valence-corrected chi connectivity index (χ0v) is 12.1. The lowest BCUT2D eigenvalue weighted by atomic mass is 9.90. The van der Waals surface area contributed by atoms with E-state index in [9.17, 15) is 4.79 Å². The van der Waals surface area contributed by atoms with E-state index in [-0.39, 0.29) is 11.9 Å². The van der Waals surface area contributed by atoms with Crippen LogP contribution in [0.15, 0.2) is 18.2 Å². The lowest BCUT2D eigenvalue weighted by Gasteiger charge is -2.29. The Hall–Kier alpha value is -1.35. The monoisotopic (exact) mass is 260 g/mol. The fourth-order valence-electron chi connectivity index (χ4n) is 2.72. The van der Waals surface area contributed by atoms with Crippen molar-refractivity contribution < 1.29 is 4.79 Å². The Labute approximate surface area is 115 Å². The number of hydrogen-bond acceptors (Lipinski definition) is 2. The predicted molar refractivity (Wildman–Crippen MR) is 79.2 cm³/mol. The lowest BCUT2D eigenvalue weighted by Crippen LogP contribution is -2.35. The van der Waals surface area contributed by atoms with Crippen LogP contribution in [0.5, 0.6) is 0 Å². The summed E-state index contributed by atoms with van der Waals surface area (Å²) in [5, 5.41) is 0. The molecule has 1 heterocycles. The molecule has 0 fully saturated rings. The number of rotatable bonds is 4. The Balaban J connectivity index is 2.32. The van der Waals surface area contributed by atoms with Crippen LogP contribution >= 0.6 is 0 Å². The van der Waals surface area contributed by atoms with Gasteiger partial charge in [0.2, 0.25) is 5.91 Å². The van der Waals surface area contributed by atoms with Gasteiger partial charge in [-0.25, -0.2) is 0 Å². The molecule has 0 radical (unpaired) electrons. The van der Waals surface area contributed by atoms with E-state index in [1.807, 2.05) is 11.8 Å². The number of hydrogen-bond donors (Lipinski definition) is 1. The van der Waals surface area contributed by atoms with Crippen LogP contribution in [0.4, 0.5) is 5.69 Å². The number of aryl methyl sites for hydroxylation is 1. The van der Waals surface area contributed by atoms with Crippen LogP contribution in [0.1, 0.15) is 50.8 Å². The second-order valence-electron chi connectivity index (χ2n) is 5.44. The predicted octanol–water partition coefficient (Wildman–Crippen LogP) is 3.03. The van der Waals surface area contributed by atoms with E-state index in [0.29, 0.717) is 12.3 Å². The summed E-state index contributed by atoms with van der Waals surface area (Å²) in [6.45, 7) is 7.11. The van der Waals surface area contributed by atoms with Gasteiger partial charge >= 0.3 is 0 Å². The molecule has 0 saturated heterocycles. The summed E-state index contributed by atoms with van der Waals surface area (Å²) in [4.78, 5) is 13.7. The summed E-state index contributed by atoms with van der Waals surface area (Å²) >= 11 is 0. The molecule has 0 spiro atoms. The van der Waals surface area contributed by atoms with Crippen LogP contribution in [0, 0.1) is 5.92 Å². The first-order chi connectivity index (χ1) is 9.08. The topological polar surface area (TPSA) is 46.3 Å². The number of nitrogens with two attached hydrogens (primary N) is 1. The van der Waals surface area contributed by atoms with Crippen molar-refractivity contribution >= 4 is 11.6 Å². The van der Waals surface area contributed by atoms with E-state index < -0.39 is 0 Å². The highest BCUT2D eigenvalue weighted by atomic mass is 16.2. The minimum Gasteiger partial charge on any atom is -0.324 e. The maximum Gasteiger partial charge on any atom is 0.227 e. The minimum absolute atomic E-state index is 0.0861. The zero-order valence-electron chi connectivity index (χ0n) is 12.1. The van der Waals surface area contributed by atoms with Crippen molar-refractivity contribution in [2.45, 2.75) is 46.1 Å². The Morgan fingerprint density at radius 3 is 2.68 bits per heavy atom. The molecule has 1 aromatic carbocycles. The van der Waals surface area contributed by atoms with Crippen LogP contribution in [0.3, 0.4) is 0 Å². The summed E-state index contributed by atoms with van der Waals surface area (Å²) in [5.41, 5.74) is 9.82. The molecular formula is C16H24N2O. The van der Waals surface area contributed by atoms with E-state index in [0.717, 1.165) is 25.1 Å². The highest BCUT2D eigenvalue weighted by Gasteiger charge is 2.24. The molecule has 2 N–H and O–H groups in total. The molecule has 2 unspecified atom stereocenters. The number of amides is 1. The van der Waals surface area contributed by atoms with E-state index in [1.165, 1.54) is 11.1 Å². The number of anilines is 1. The fourth-order valence-corrected chi connectivity index (χ4v) is 2.72. The van der Waals surface area contributed by atoms with Gasteiger partial charge in [-0.15, -0.1) is 0 Å². The van der Waals surface area contributed by atoms with Crippen LogP contribution in [0.2, 0.25) is 0 Å². The smallest absolute Gasteiger partial charge is 0.227 e. The normalized spacial score (nSPS) is 18.1. The van der Waals surface area contributed by atoms with Crippen molar-refractivity contribution in [3.8, 4) is 0 Å². The summed E-state index contributed by atoms with van der Waals surface area (Å²) in [6.07, 6.45) is 2.53. The molecule has 3 heteroatoms. The van der Waals surface area contributed by atoms with E-state index in [2.05, 4.69) is 32.0 Å². The minimum atomic E-state index is 0.0861. The van der Waals surface area contributed by atoms with Crippen LogP contribution in [-0.4, -0.2) is 12.5 Å². The van der Waals surface area contributed by atoms with Gasteiger partial charge in [-0.2, -0.15) is 0 Å². The molecule has 2 rings (SSSR count). The van der Waals surface area contributed by atoms with Crippen LogP contribution in [0.25, 0.3) is 0 Å². The van der Waals surface area contributed by atoms with Gasteiger partial charge in [0.25, 0.3) is 0 Å². The van der Waals surface area contributed by atoms with Crippen molar-refractivity contribution in [3.05, 3.63) is 29.3 Å². The molecule has 1 aliphatic heterocycles. The van der Waals surface area contributed by atoms with Gasteiger partial charge in [-0.3, -0.25) is 4.79 Å². The molecule has 2 atom stereocenters. The quantitative estimate of drug-likeness (QED) is 0.904. The van der Waals surface area contributed by atoms with E-state index in [1.54, 1.807) is 0 Å². The molecule has 1 aliphatic rings. The Bertz CT molecular complexity index is 470. The number of benzene rings is 1. The van der Waals surface area contributed by atoms with Crippen molar-refractivity contribution in [3.63, 3.8) is 0 Å². The molecule has 1 amide bonds. The number of carbonyl (C=O) groups is 1. The van der Waals surface area contributed by atoms with Gasteiger partial charge in [0.1, 0.15) is 0 Å². The number of carbonyl (C=O) groups excluding carboxylic acids is 1. The van der Waals surface area contributed by atoms with Crippen molar-refractivity contribution in [1.82, 2.24) is 0 Å². The first-order valence-corrected chi connectivity index (χ1v) is 7.27. The number of fused-ring (bicyclic) bond motifs is 1. The highest BCUT2D eigenvalue weighted by molar-refractivity contribution is 5.96. The first-order valence-electron chi connectivity index (χ1n) is 7.27. The number of nitrogens with zero attached hydrogens (tertiary/aromatic N) is 1. The third kappa shape index (κ3) is 2.66. The van der Waals surface area contributed by atoms with Gasteiger partial charge in [-0.1, -0.05) is 32.4 Å². The SMILES string of the molecule is CCC(C)C(N)c1ccc2c(c1)CCC(=O)N2CC. The Kier molecular flexibility index (Phi) is 4.25. The maximum atomic E-state index is 11.9. The van der Waals surface area contributed by atoms with Gasteiger partial charge in [-0.05, 0) is 36.5 Å². The molecule has 0 aliphatic carbocycles. The first kappa shape index (κ1) is 14.1. The van der Waals surface area contributed by atoms with Gasteiger partial charge in [0.15, 0.2) is 0 Å². The van der Waals surface area contributed by atoms with Gasteiger partial charge in [0, 0.05) is 24.7 Å². The van der Waals surface area contributed by atoms with Gasteiger partial charge in [0.05, 0.1) is 0 Å². The summed E-state index contributed by atoms with van der Waals surface area (Å²) < 4.78 is 0. The van der Waals surface area contributed by atoms with Crippen molar-refractivity contribution in [1.29, 1.82) is 0 Å². The molecule has 104 valence electrons. The van der Waals surface area contributed by atoms with Crippen LogP contribution < -0.4 is 10.6 Å². The molecular weight excluding hydrogens is 236 g/mol. The second-order valence-corrected chi connectivity index (χ2v) is 5.44. The maximum absolute atomic E-state index is 11.9. The fraction of sp³-hybridized carbons (Fsp3) is 0.562. The van der Waals surface area contributed by atoms with Gasteiger partial charge < -0.3 is 10.6 Å². The van der Waals surface area contributed by atoms with E-state index in [4.69, 9.17) is 5.73 Å². The molecule has 0 bridgehead atoms. The van der Waals surface area contributed by atoms with E-state index >= 15 is 0 Å². The summed E-state index contributed by atoms with van der Waals surface area (Å²) in [5.74, 6) is 0.708. The third-order valence-electron chi connectivity index (χ3n) is 4.26. The Morgan fingerprint density at radius 2 is 2.05 bits per heavy atom. The molecule has 19 heavy (non-hydrogen) atoms. The molecule has 3 nitrogen and oxygen atoms in total. The molecule has 1 aromatic rings. The third-order valence-corrected chi connectivity index (χ3v) is 4.26. The largest absolute Gasteiger partial charge is 0.324 e. The van der Waals surface area contributed by atoms with Crippen LogP contribution in [-0.2, 0) is 11.2 Å². The average molecular weight is 260 g/mol. The van der Waals surface area contributed by atoms with Crippen molar-refractivity contribution in [2.75, 3.05) is 11.4 Å². The van der Waals surface area contributed by atoms with Crippen molar-refractivity contribution in [2.24, 2.45) is 11.7 Å². The summed E-state index contributed by atoms with van der Waals surface area (Å²) in [7, 11) is 0.